The molecule has 0 saturated carbocycles. The molecule has 2 heterocycles. The summed E-state index contributed by atoms with van der Waals surface area (Å²) in [5.74, 6) is -0.713. The van der Waals surface area contributed by atoms with Crippen molar-refractivity contribution in [3.05, 3.63) is 54.0 Å². The molecule has 1 aliphatic rings. The zero-order valence-corrected chi connectivity index (χ0v) is 17.5. The van der Waals surface area contributed by atoms with E-state index in [4.69, 9.17) is 4.42 Å². The summed E-state index contributed by atoms with van der Waals surface area (Å²) in [7, 11) is 0. The summed E-state index contributed by atoms with van der Waals surface area (Å²) in [6.45, 7) is 5.44. The van der Waals surface area contributed by atoms with Crippen LogP contribution in [0.15, 0.2) is 47.1 Å². The predicted molar refractivity (Wildman–Crippen MR) is 114 cm³/mol. The minimum Gasteiger partial charge on any atom is -0.459 e. The number of likely N-dealkylation sites (tertiary alicyclic amines) is 1. The van der Waals surface area contributed by atoms with Gasteiger partial charge in [0.05, 0.1) is 17.5 Å². The molecule has 0 bridgehead atoms. The fourth-order valence-electron chi connectivity index (χ4n) is 3.59. The maximum atomic E-state index is 13.1. The second-order valence-electron chi connectivity index (χ2n) is 7.70. The van der Waals surface area contributed by atoms with Crippen LogP contribution in [0.1, 0.15) is 60.4 Å². The molecule has 0 aliphatic carbocycles. The molecule has 3 rings (SSSR count). The lowest BCUT2D eigenvalue weighted by molar-refractivity contribution is -0.135. The molecule has 2 N–H and O–H groups in total. The third-order valence-corrected chi connectivity index (χ3v) is 5.60. The van der Waals surface area contributed by atoms with Crippen molar-refractivity contribution in [2.45, 2.75) is 45.6 Å². The van der Waals surface area contributed by atoms with E-state index in [-0.39, 0.29) is 23.5 Å². The quantitative estimate of drug-likeness (QED) is 0.727. The van der Waals surface area contributed by atoms with E-state index >= 15 is 0 Å². The summed E-state index contributed by atoms with van der Waals surface area (Å²) in [4.78, 5) is 40.4. The fraction of sp³-hybridized carbons (Fsp3) is 0.435. The molecule has 1 fully saturated rings. The maximum Gasteiger partial charge on any atom is 0.291 e. The SMILES string of the molecule is CC[C@H](C)[C@H](NC(=O)c1ccccc1NC(=O)c1ccco1)C(=O)N1CCCCC1. The number of piperidine rings is 1. The topological polar surface area (TPSA) is 91.6 Å². The Morgan fingerprint density at radius 1 is 1.03 bits per heavy atom. The Labute approximate surface area is 176 Å². The van der Waals surface area contributed by atoms with Gasteiger partial charge in [-0.15, -0.1) is 0 Å². The number of rotatable bonds is 7. The van der Waals surface area contributed by atoms with Gasteiger partial charge >= 0.3 is 0 Å². The number of benzene rings is 1. The Hall–Kier alpha value is -3.09. The van der Waals surface area contributed by atoms with Crippen molar-refractivity contribution in [1.82, 2.24) is 10.2 Å². The number of hydrogen-bond acceptors (Lipinski definition) is 4. The molecule has 1 aromatic heterocycles. The normalized spacial score (nSPS) is 15.9. The number of nitrogens with one attached hydrogen (secondary N) is 2. The van der Waals surface area contributed by atoms with E-state index in [0.29, 0.717) is 11.3 Å². The number of furan rings is 1. The van der Waals surface area contributed by atoms with Crippen molar-refractivity contribution >= 4 is 23.4 Å². The summed E-state index contributed by atoms with van der Waals surface area (Å²) >= 11 is 0. The molecule has 160 valence electrons. The first kappa shape index (κ1) is 21.6. The highest BCUT2D eigenvalue weighted by Crippen LogP contribution is 2.20. The van der Waals surface area contributed by atoms with Gasteiger partial charge in [-0.1, -0.05) is 32.4 Å². The van der Waals surface area contributed by atoms with E-state index in [9.17, 15) is 14.4 Å². The van der Waals surface area contributed by atoms with Crippen LogP contribution in [0.2, 0.25) is 0 Å². The van der Waals surface area contributed by atoms with Crippen LogP contribution in [0, 0.1) is 5.92 Å². The van der Waals surface area contributed by atoms with Gasteiger partial charge in [0.2, 0.25) is 5.91 Å². The maximum absolute atomic E-state index is 13.1. The van der Waals surface area contributed by atoms with E-state index < -0.39 is 11.9 Å². The molecular weight excluding hydrogens is 382 g/mol. The number of carbonyl (C=O) groups excluding carboxylic acids is 3. The van der Waals surface area contributed by atoms with E-state index in [1.807, 2.05) is 18.7 Å². The van der Waals surface area contributed by atoms with Crippen LogP contribution >= 0.6 is 0 Å². The number of nitrogens with zero attached hydrogens (tertiary/aromatic N) is 1. The van der Waals surface area contributed by atoms with Crippen LogP contribution in [0.25, 0.3) is 0 Å². The summed E-state index contributed by atoms with van der Waals surface area (Å²) < 4.78 is 5.11. The molecular formula is C23H29N3O4. The van der Waals surface area contributed by atoms with Gasteiger partial charge in [-0.05, 0) is 49.4 Å². The van der Waals surface area contributed by atoms with Gasteiger partial charge in [-0.25, -0.2) is 0 Å². The number of carbonyl (C=O) groups is 3. The average molecular weight is 412 g/mol. The second-order valence-corrected chi connectivity index (χ2v) is 7.70. The van der Waals surface area contributed by atoms with Crippen LogP contribution < -0.4 is 10.6 Å². The molecule has 1 aromatic carbocycles. The zero-order valence-electron chi connectivity index (χ0n) is 17.5. The van der Waals surface area contributed by atoms with Crippen LogP contribution in [-0.2, 0) is 4.79 Å². The molecule has 7 heteroatoms. The predicted octanol–water partition coefficient (Wildman–Crippen LogP) is 3.69. The molecule has 7 nitrogen and oxygen atoms in total. The molecule has 1 saturated heterocycles. The smallest absolute Gasteiger partial charge is 0.291 e. The summed E-state index contributed by atoms with van der Waals surface area (Å²) in [5.41, 5.74) is 0.668. The van der Waals surface area contributed by atoms with Crippen molar-refractivity contribution in [3.8, 4) is 0 Å². The lowest BCUT2D eigenvalue weighted by atomic mass is 9.96. The summed E-state index contributed by atoms with van der Waals surface area (Å²) in [6.07, 6.45) is 5.30. The third kappa shape index (κ3) is 5.09. The Balaban J connectivity index is 1.77. The molecule has 0 spiro atoms. The first-order valence-corrected chi connectivity index (χ1v) is 10.5. The standard InChI is InChI=1S/C23H29N3O4/c1-3-16(2)20(23(29)26-13-7-4-8-14-26)25-21(27)17-10-5-6-11-18(17)24-22(28)19-12-9-15-30-19/h5-6,9-12,15-16,20H,3-4,7-8,13-14H2,1-2H3,(H,24,28)(H,25,27)/t16-,20-/m0/s1. The van der Waals surface area contributed by atoms with Crippen molar-refractivity contribution in [3.63, 3.8) is 0 Å². The molecule has 2 aromatic rings. The van der Waals surface area contributed by atoms with E-state index in [1.165, 1.54) is 6.26 Å². The zero-order chi connectivity index (χ0) is 21.5. The van der Waals surface area contributed by atoms with E-state index in [2.05, 4.69) is 10.6 Å². The van der Waals surface area contributed by atoms with E-state index in [1.54, 1.807) is 36.4 Å². The molecule has 30 heavy (non-hydrogen) atoms. The van der Waals surface area contributed by atoms with Crippen molar-refractivity contribution in [2.75, 3.05) is 18.4 Å². The summed E-state index contributed by atoms with van der Waals surface area (Å²) in [5, 5.41) is 5.64. The number of para-hydroxylation sites is 1. The first-order valence-electron chi connectivity index (χ1n) is 10.5. The van der Waals surface area contributed by atoms with Gasteiger partial charge < -0.3 is 20.0 Å². The van der Waals surface area contributed by atoms with Crippen molar-refractivity contribution < 1.29 is 18.8 Å². The highest BCUT2D eigenvalue weighted by atomic mass is 16.3. The molecule has 3 amide bonds. The first-order chi connectivity index (χ1) is 14.5. The van der Waals surface area contributed by atoms with Crippen LogP contribution in [-0.4, -0.2) is 41.8 Å². The summed E-state index contributed by atoms with van der Waals surface area (Å²) in [6, 6.07) is 9.31. The van der Waals surface area contributed by atoms with Crippen LogP contribution in [0.3, 0.4) is 0 Å². The Bertz CT molecular complexity index is 872. The lowest BCUT2D eigenvalue weighted by Gasteiger charge is -2.33. The highest BCUT2D eigenvalue weighted by Gasteiger charge is 2.31. The minimum atomic E-state index is -0.602. The average Bonchev–Trinajstić information content (AvgIpc) is 3.32. The Kier molecular flexibility index (Phi) is 7.27. The molecule has 1 aliphatic heterocycles. The van der Waals surface area contributed by atoms with Crippen LogP contribution in [0.5, 0.6) is 0 Å². The number of hydrogen-bond donors (Lipinski definition) is 2. The number of anilines is 1. The van der Waals surface area contributed by atoms with E-state index in [0.717, 1.165) is 38.8 Å². The number of amides is 3. The minimum absolute atomic E-state index is 0.00625. The second kappa shape index (κ2) is 10.1. The fourth-order valence-corrected chi connectivity index (χ4v) is 3.59. The third-order valence-electron chi connectivity index (χ3n) is 5.60. The monoisotopic (exact) mass is 411 g/mol. The largest absolute Gasteiger partial charge is 0.459 e. The Morgan fingerprint density at radius 3 is 2.43 bits per heavy atom. The van der Waals surface area contributed by atoms with Gasteiger partial charge in [0.1, 0.15) is 6.04 Å². The van der Waals surface area contributed by atoms with Gasteiger partial charge in [0.25, 0.3) is 11.8 Å². The van der Waals surface area contributed by atoms with Gasteiger partial charge in [0.15, 0.2) is 5.76 Å². The van der Waals surface area contributed by atoms with Gasteiger partial charge in [-0.3, -0.25) is 14.4 Å². The lowest BCUT2D eigenvalue weighted by Crippen LogP contribution is -2.52. The molecule has 0 radical (unpaired) electrons. The van der Waals surface area contributed by atoms with Crippen LogP contribution in [0.4, 0.5) is 5.69 Å². The highest BCUT2D eigenvalue weighted by molar-refractivity contribution is 6.08. The molecule has 0 unspecified atom stereocenters. The Morgan fingerprint density at radius 2 is 1.77 bits per heavy atom. The van der Waals surface area contributed by atoms with Gasteiger partial charge in [-0.2, -0.15) is 0 Å². The molecule has 2 atom stereocenters. The van der Waals surface area contributed by atoms with Gasteiger partial charge in [0, 0.05) is 13.1 Å². The van der Waals surface area contributed by atoms with Crippen molar-refractivity contribution in [2.24, 2.45) is 5.92 Å². The van der Waals surface area contributed by atoms with Crippen molar-refractivity contribution in [1.29, 1.82) is 0 Å².